The van der Waals surface area contributed by atoms with Crippen LogP contribution in [-0.4, -0.2) is 39.9 Å². The number of hydrogen-bond acceptors (Lipinski definition) is 4. The number of carbonyl (C=O) groups is 1. The first-order valence-corrected chi connectivity index (χ1v) is 13.4. The number of halogens is 6. The van der Waals surface area contributed by atoms with E-state index in [9.17, 15) is 18.0 Å². The van der Waals surface area contributed by atoms with E-state index in [4.69, 9.17) is 34.8 Å². The molecule has 1 aliphatic rings. The number of carbonyl (C=O) groups excluding carboxylic acids is 1. The largest absolute Gasteiger partial charge is 0.573 e. The monoisotopic (exact) mass is 608 g/mol. The standard InChI is InChI=1S/C28H22Cl3F3N4O2/c29-19-4-3-18(23(30)13-19)2-1-10-37-11-8-24-22(16-37)21-6-5-20(40-28(32,33)34)14-25(21)38(24)27(39)36-15-17-7-9-35-26(31)12-17/h1-7,9,12-14H,8,10-11,15-16H2,(H,36,39). The number of amides is 1. The van der Waals surface area contributed by atoms with Crippen LogP contribution in [0.1, 0.15) is 22.4 Å². The van der Waals surface area contributed by atoms with E-state index in [1.54, 1.807) is 30.3 Å². The number of aromatic nitrogens is 2. The van der Waals surface area contributed by atoms with E-state index >= 15 is 0 Å². The summed E-state index contributed by atoms with van der Waals surface area (Å²) in [4.78, 5) is 19.5. The predicted molar refractivity (Wildman–Crippen MR) is 150 cm³/mol. The van der Waals surface area contributed by atoms with Gasteiger partial charge in [0.1, 0.15) is 10.9 Å². The Morgan fingerprint density at radius 3 is 2.67 bits per heavy atom. The Balaban J connectivity index is 1.42. The van der Waals surface area contributed by atoms with Crippen molar-refractivity contribution in [1.82, 2.24) is 19.8 Å². The molecule has 0 unspecified atom stereocenters. The van der Waals surface area contributed by atoms with Gasteiger partial charge in [0.25, 0.3) is 0 Å². The van der Waals surface area contributed by atoms with E-state index in [-0.39, 0.29) is 11.7 Å². The molecule has 40 heavy (non-hydrogen) atoms. The van der Waals surface area contributed by atoms with Crippen LogP contribution >= 0.6 is 34.8 Å². The van der Waals surface area contributed by atoms with Gasteiger partial charge in [-0.1, -0.05) is 53.0 Å². The van der Waals surface area contributed by atoms with E-state index in [1.807, 2.05) is 18.2 Å². The molecule has 0 saturated heterocycles. The van der Waals surface area contributed by atoms with E-state index in [0.717, 1.165) is 22.4 Å². The summed E-state index contributed by atoms with van der Waals surface area (Å²) in [6.45, 7) is 1.92. The van der Waals surface area contributed by atoms with Crippen molar-refractivity contribution in [1.29, 1.82) is 0 Å². The SMILES string of the molecule is O=C(NCc1ccnc(Cl)c1)n1c2c(c3ccc(OC(F)(F)F)cc31)CN(CC=Cc1ccc(Cl)cc1Cl)CC2. The van der Waals surface area contributed by atoms with Crippen LogP contribution in [0.5, 0.6) is 5.75 Å². The van der Waals surface area contributed by atoms with Crippen LogP contribution in [0.25, 0.3) is 17.0 Å². The molecule has 0 fully saturated rings. The Hall–Kier alpha value is -3.24. The summed E-state index contributed by atoms with van der Waals surface area (Å²) in [6, 6.07) is 12.2. The number of ether oxygens (including phenoxy) is 1. The highest BCUT2D eigenvalue weighted by Gasteiger charge is 2.32. The maximum Gasteiger partial charge on any atom is 0.573 e. The van der Waals surface area contributed by atoms with Crippen molar-refractivity contribution in [3.63, 3.8) is 0 Å². The molecular formula is C28H22Cl3F3N4O2. The van der Waals surface area contributed by atoms with E-state index in [1.165, 1.54) is 22.9 Å². The van der Waals surface area contributed by atoms with Crippen LogP contribution in [0.2, 0.25) is 15.2 Å². The fraction of sp³-hybridized carbons (Fsp3) is 0.214. The minimum atomic E-state index is -4.86. The highest BCUT2D eigenvalue weighted by molar-refractivity contribution is 6.35. The summed E-state index contributed by atoms with van der Waals surface area (Å²) < 4.78 is 44.4. The summed E-state index contributed by atoms with van der Waals surface area (Å²) in [5.41, 5.74) is 3.52. The van der Waals surface area contributed by atoms with Crippen molar-refractivity contribution in [2.24, 2.45) is 0 Å². The molecule has 0 spiro atoms. The van der Waals surface area contributed by atoms with Crippen LogP contribution in [0.15, 0.2) is 60.8 Å². The van der Waals surface area contributed by atoms with Crippen molar-refractivity contribution < 1.29 is 22.7 Å². The lowest BCUT2D eigenvalue weighted by molar-refractivity contribution is -0.274. The van der Waals surface area contributed by atoms with Crippen molar-refractivity contribution in [3.05, 3.63) is 98.4 Å². The van der Waals surface area contributed by atoms with Gasteiger partial charge >= 0.3 is 12.4 Å². The van der Waals surface area contributed by atoms with Gasteiger partial charge in [0, 0.05) is 66.0 Å². The van der Waals surface area contributed by atoms with Crippen molar-refractivity contribution >= 4 is 57.8 Å². The Bertz CT molecular complexity index is 1600. The quantitative estimate of drug-likeness (QED) is 0.227. The van der Waals surface area contributed by atoms with Crippen LogP contribution < -0.4 is 10.1 Å². The molecule has 0 aliphatic carbocycles. The third-order valence-corrected chi connectivity index (χ3v) is 7.26. The van der Waals surface area contributed by atoms with E-state index < -0.39 is 18.1 Å². The number of pyridine rings is 1. The molecule has 4 aromatic rings. The Morgan fingerprint density at radius 2 is 1.93 bits per heavy atom. The molecule has 0 saturated carbocycles. The molecule has 5 rings (SSSR count). The molecule has 0 radical (unpaired) electrons. The van der Waals surface area contributed by atoms with Crippen LogP contribution in [0, 0.1) is 0 Å². The molecule has 2 aromatic carbocycles. The Morgan fingerprint density at radius 1 is 1.10 bits per heavy atom. The summed E-state index contributed by atoms with van der Waals surface area (Å²) in [7, 11) is 0. The second kappa shape index (κ2) is 11.7. The predicted octanol–water partition coefficient (Wildman–Crippen LogP) is 7.72. The topological polar surface area (TPSA) is 59.4 Å². The van der Waals surface area contributed by atoms with E-state index in [2.05, 4.69) is 19.9 Å². The first kappa shape index (κ1) is 28.3. The van der Waals surface area contributed by atoms with Crippen LogP contribution in [-0.2, 0) is 19.5 Å². The minimum absolute atomic E-state index is 0.165. The van der Waals surface area contributed by atoms with Gasteiger partial charge in [-0.25, -0.2) is 9.78 Å². The maximum absolute atomic E-state index is 13.4. The van der Waals surface area contributed by atoms with Gasteiger partial charge in [-0.15, -0.1) is 13.2 Å². The van der Waals surface area contributed by atoms with Gasteiger partial charge in [-0.3, -0.25) is 9.47 Å². The lowest BCUT2D eigenvalue weighted by Crippen LogP contribution is -2.34. The molecule has 1 aliphatic heterocycles. The minimum Gasteiger partial charge on any atom is -0.406 e. The third-order valence-electron chi connectivity index (χ3n) is 6.49. The number of hydrogen-bond donors (Lipinski definition) is 1. The van der Waals surface area contributed by atoms with Crippen LogP contribution in [0.3, 0.4) is 0 Å². The molecule has 6 nitrogen and oxygen atoms in total. The Kier molecular flexibility index (Phi) is 8.28. The van der Waals surface area contributed by atoms with Gasteiger partial charge < -0.3 is 10.1 Å². The number of alkyl halides is 3. The third kappa shape index (κ3) is 6.55. The smallest absolute Gasteiger partial charge is 0.406 e. The highest BCUT2D eigenvalue weighted by atomic mass is 35.5. The lowest BCUT2D eigenvalue weighted by atomic mass is 10.0. The average Bonchev–Trinajstić information content (AvgIpc) is 3.20. The van der Waals surface area contributed by atoms with E-state index in [0.29, 0.717) is 47.0 Å². The molecule has 0 atom stereocenters. The zero-order chi connectivity index (χ0) is 28.4. The molecular weight excluding hydrogens is 588 g/mol. The van der Waals surface area contributed by atoms with Gasteiger partial charge in [0.2, 0.25) is 0 Å². The van der Waals surface area contributed by atoms with Crippen molar-refractivity contribution in [2.75, 3.05) is 13.1 Å². The normalized spacial score (nSPS) is 14.1. The number of benzene rings is 2. The lowest BCUT2D eigenvalue weighted by Gasteiger charge is -2.27. The molecule has 1 N–H and O–H groups in total. The zero-order valence-electron chi connectivity index (χ0n) is 20.8. The summed E-state index contributed by atoms with van der Waals surface area (Å²) in [5.74, 6) is -0.399. The number of rotatable bonds is 6. The van der Waals surface area contributed by atoms with Crippen LogP contribution in [0.4, 0.5) is 18.0 Å². The fourth-order valence-electron chi connectivity index (χ4n) is 4.75. The zero-order valence-corrected chi connectivity index (χ0v) is 23.1. The second-order valence-electron chi connectivity index (χ2n) is 9.19. The fourth-order valence-corrected chi connectivity index (χ4v) is 5.42. The van der Waals surface area contributed by atoms with Gasteiger partial charge in [-0.05, 0) is 53.1 Å². The van der Waals surface area contributed by atoms with Gasteiger partial charge in [0.05, 0.1) is 5.52 Å². The van der Waals surface area contributed by atoms with Crippen molar-refractivity contribution in [2.45, 2.75) is 25.9 Å². The molecule has 12 heteroatoms. The van der Waals surface area contributed by atoms with Crippen molar-refractivity contribution in [3.8, 4) is 5.75 Å². The number of nitrogens with zero attached hydrogens (tertiary/aromatic N) is 3. The van der Waals surface area contributed by atoms with Gasteiger partial charge in [-0.2, -0.15) is 0 Å². The second-order valence-corrected chi connectivity index (χ2v) is 10.4. The Labute approximate surface area is 242 Å². The highest BCUT2D eigenvalue weighted by Crippen LogP contribution is 2.34. The molecule has 208 valence electrons. The molecule has 3 heterocycles. The summed E-state index contributed by atoms with van der Waals surface area (Å²) in [5, 5.41) is 4.91. The summed E-state index contributed by atoms with van der Waals surface area (Å²) in [6.07, 6.45) is 1.09. The average molecular weight is 610 g/mol. The molecule has 1 amide bonds. The first-order valence-electron chi connectivity index (χ1n) is 12.2. The molecule has 2 aromatic heterocycles. The van der Waals surface area contributed by atoms with Gasteiger partial charge in [0.15, 0.2) is 0 Å². The summed E-state index contributed by atoms with van der Waals surface area (Å²) >= 11 is 18.2. The first-order chi connectivity index (χ1) is 19.1. The maximum atomic E-state index is 13.4. The number of fused-ring (bicyclic) bond motifs is 3. The molecule has 0 bridgehead atoms. The number of nitrogens with one attached hydrogen (secondary N) is 1.